The quantitative estimate of drug-likeness (QED) is 0.784. The van der Waals surface area contributed by atoms with Crippen LogP contribution in [0, 0.1) is 0 Å². The van der Waals surface area contributed by atoms with Gasteiger partial charge in [0.2, 0.25) is 0 Å². The first-order valence-corrected chi connectivity index (χ1v) is 8.04. The first kappa shape index (κ1) is 16.4. The molecule has 0 saturated heterocycles. The van der Waals surface area contributed by atoms with Gasteiger partial charge in [-0.1, -0.05) is 30.3 Å². The van der Waals surface area contributed by atoms with Crippen molar-refractivity contribution in [2.45, 2.75) is 31.1 Å². The van der Waals surface area contributed by atoms with E-state index in [-0.39, 0.29) is 10.8 Å². The van der Waals surface area contributed by atoms with Gasteiger partial charge in [-0.3, -0.25) is 4.90 Å². The second-order valence-corrected chi connectivity index (χ2v) is 7.03. The molecule has 0 aliphatic rings. The molecule has 0 saturated carbocycles. The summed E-state index contributed by atoms with van der Waals surface area (Å²) in [4.78, 5) is 2.19. The van der Waals surface area contributed by atoms with Crippen molar-refractivity contribution >= 4 is 34.0 Å². The number of benzene rings is 2. The third-order valence-electron chi connectivity index (χ3n) is 3.42. The van der Waals surface area contributed by atoms with Gasteiger partial charge in [-0.05, 0) is 30.7 Å². The zero-order valence-electron chi connectivity index (χ0n) is 12.4. The molecule has 0 bridgehead atoms. The van der Waals surface area contributed by atoms with Crippen molar-refractivity contribution in [1.29, 1.82) is 0 Å². The molecule has 2 atom stereocenters. The summed E-state index contributed by atoms with van der Waals surface area (Å²) in [7, 11) is 0. The van der Waals surface area contributed by atoms with Crippen LogP contribution in [0.2, 0.25) is 0 Å². The van der Waals surface area contributed by atoms with Crippen LogP contribution in [-0.2, 0) is 6.54 Å². The van der Waals surface area contributed by atoms with E-state index in [0.29, 0.717) is 12.3 Å². The van der Waals surface area contributed by atoms with E-state index in [2.05, 4.69) is 11.0 Å². The summed E-state index contributed by atoms with van der Waals surface area (Å²) >= 11 is 12.3. The molecule has 0 heterocycles. The van der Waals surface area contributed by atoms with Gasteiger partial charge in [-0.2, -0.15) is 0 Å². The third-order valence-corrected chi connectivity index (χ3v) is 3.69. The molecular weight excluding hydrogens is 305 g/mol. The summed E-state index contributed by atoms with van der Waals surface area (Å²) in [6.45, 7) is 6.05. The minimum atomic E-state index is 0.0394. The molecule has 0 amide bonds. The summed E-state index contributed by atoms with van der Waals surface area (Å²) in [6, 6.07) is 11.8. The van der Waals surface area contributed by atoms with Crippen LogP contribution in [0.3, 0.4) is 0 Å². The Hall–Kier alpha value is -0.960. The number of hydrogen-bond acceptors (Lipinski definition) is 2. The van der Waals surface area contributed by atoms with Gasteiger partial charge in [0.05, 0.1) is 0 Å². The molecule has 0 fully saturated rings. The number of rotatable bonds is 6. The Bertz CT molecular complexity index is 588. The van der Waals surface area contributed by atoms with Gasteiger partial charge in [0.15, 0.2) is 0 Å². The second kappa shape index (κ2) is 7.35. The molecule has 4 heteroatoms. The smallest absolute Gasteiger partial charge is 0.120 e. The predicted octanol–water partition coefficient (Wildman–Crippen LogP) is 4.60. The van der Waals surface area contributed by atoms with Crippen LogP contribution < -0.4 is 0 Å². The van der Waals surface area contributed by atoms with E-state index in [0.717, 1.165) is 29.4 Å². The van der Waals surface area contributed by atoms with Crippen molar-refractivity contribution in [3.8, 4) is 5.75 Å². The summed E-state index contributed by atoms with van der Waals surface area (Å²) < 4.78 is 0. The summed E-state index contributed by atoms with van der Waals surface area (Å²) in [6.07, 6.45) is 0. The van der Waals surface area contributed by atoms with Crippen LogP contribution in [0.4, 0.5) is 0 Å². The summed E-state index contributed by atoms with van der Waals surface area (Å²) in [5.41, 5.74) is 0.933. The first-order chi connectivity index (χ1) is 9.97. The molecule has 0 aliphatic heterocycles. The van der Waals surface area contributed by atoms with Crippen molar-refractivity contribution in [3.63, 3.8) is 0 Å². The largest absolute Gasteiger partial charge is 0.508 e. The van der Waals surface area contributed by atoms with Gasteiger partial charge in [0, 0.05) is 36.0 Å². The average molecular weight is 326 g/mol. The molecule has 0 spiro atoms. The second-order valence-electron chi connectivity index (χ2n) is 5.54. The van der Waals surface area contributed by atoms with Gasteiger partial charge in [0.25, 0.3) is 0 Å². The predicted molar refractivity (Wildman–Crippen MR) is 91.5 cm³/mol. The van der Waals surface area contributed by atoms with E-state index in [4.69, 9.17) is 23.2 Å². The Morgan fingerprint density at radius 2 is 1.62 bits per heavy atom. The zero-order chi connectivity index (χ0) is 15.4. The van der Waals surface area contributed by atoms with Crippen LogP contribution in [0.1, 0.15) is 19.4 Å². The Labute approximate surface area is 136 Å². The van der Waals surface area contributed by atoms with E-state index in [1.165, 1.54) is 0 Å². The van der Waals surface area contributed by atoms with Crippen LogP contribution in [0.25, 0.3) is 10.8 Å². The Morgan fingerprint density at radius 1 is 1.00 bits per heavy atom. The molecule has 21 heavy (non-hydrogen) atoms. The fraction of sp³-hybridized carbons (Fsp3) is 0.412. The molecule has 2 aromatic carbocycles. The number of nitrogens with zero attached hydrogens (tertiary/aromatic N) is 1. The Balaban J connectivity index is 2.33. The van der Waals surface area contributed by atoms with Crippen molar-refractivity contribution in [2.75, 3.05) is 13.1 Å². The maximum absolute atomic E-state index is 10.2. The van der Waals surface area contributed by atoms with E-state index in [1.807, 2.05) is 38.1 Å². The number of alkyl halides is 2. The normalized spacial score (nSPS) is 14.5. The highest BCUT2D eigenvalue weighted by Gasteiger charge is 2.15. The first-order valence-electron chi connectivity index (χ1n) is 7.17. The van der Waals surface area contributed by atoms with Gasteiger partial charge < -0.3 is 5.11 Å². The van der Waals surface area contributed by atoms with E-state index in [9.17, 15) is 5.11 Å². The molecule has 0 aliphatic carbocycles. The van der Waals surface area contributed by atoms with Crippen molar-refractivity contribution in [3.05, 3.63) is 42.0 Å². The molecule has 114 valence electrons. The topological polar surface area (TPSA) is 23.5 Å². The molecule has 0 unspecified atom stereocenters. The number of phenols is 1. The van der Waals surface area contributed by atoms with Crippen LogP contribution in [-0.4, -0.2) is 33.9 Å². The van der Waals surface area contributed by atoms with Gasteiger partial charge in [-0.25, -0.2) is 0 Å². The maximum Gasteiger partial charge on any atom is 0.120 e. The molecule has 2 aromatic rings. The number of hydrogen-bond donors (Lipinski definition) is 1. The zero-order valence-corrected chi connectivity index (χ0v) is 13.9. The molecule has 1 N–H and O–H groups in total. The fourth-order valence-electron chi connectivity index (χ4n) is 2.63. The minimum absolute atomic E-state index is 0.0394. The third kappa shape index (κ3) is 4.50. The van der Waals surface area contributed by atoms with Gasteiger partial charge in [0.1, 0.15) is 5.75 Å². The number of phenolic OH excluding ortho intramolecular Hbond substituents is 1. The Morgan fingerprint density at radius 3 is 2.24 bits per heavy atom. The van der Waals surface area contributed by atoms with Crippen molar-refractivity contribution in [2.24, 2.45) is 0 Å². The summed E-state index contributed by atoms with van der Waals surface area (Å²) in [5.74, 6) is 0.322. The fourth-order valence-corrected chi connectivity index (χ4v) is 3.02. The van der Waals surface area contributed by atoms with E-state index in [1.54, 1.807) is 6.07 Å². The lowest BCUT2D eigenvalue weighted by Gasteiger charge is -2.25. The minimum Gasteiger partial charge on any atom is -0.508 e. The van der Waals surface area contributed by atoms with Crippen LogP contribution in [0.15, 0.2) is 36.4 Å². The molecule has 0 radical (unpaired) electrons. The lowest BCUT2D eigenvalue weighted by atomic mass is 10.0. The van der Waals surface area contributed by atoms with Crippen LogP contribution >= 0.6 is 23.2 Å². The number of halogens is 2. The molecule has 0 aromatic heterocycles. The van der Waals surface area contributed by atoms with Gasteiger partial charge >= 0.3 is 0 Å². The summed E-state index contributed by atoms with van der Waals surface area (Å²) in [5, 5.41) is 12.5. The highest BCUT2D eigenvalue weighted by Crippen LogP contribution is 2.28. The van der Waals surface area contributed by atoms with E-state index < -0.39 is 0 Å². The highest BCUT2D eigenvalue weighted by atomic mass is 35.5. The lowest BCUT2D eigenvalue weighted by Crippen LogP contribution is -2.33. The Kier molecular flexibility index (Phi) is 5.74. The number of aromatic hydroxyl groups is 1. The van der Waals surface area contributed by atoms with E-state index >= 15 is 0 Å². The lowest BCUT2D eigenvalue weighted by molar-refractivity contribution is 0.267. The maximum atomic E-state index is 10.2. The monoisotopic (exact) mass is 325 g/mol. The molecule has 2 rings (SSSR count). The van der Waals surface area contributed by atoms with Crippen molar-refractivity contribution in [1.82, 2.24) is 4.90 Å². The average Bonchev–Trinajstić information content (AvgIpc) is 2.40. The highest BCUT2D eigenvalue weighted by molar-refractivity contribution is 6.21. The van der Waals surface area contributed by atoms with Crippen LogP contribution in [0.5, 0.6) is 5.75 Å². The van der Waals surface area contributed by atoms with Crippen molar-refractivity contribution < 1.29 is 5.11 Å². The number of fused-ring (bicyclic) bond motifs is 1. The molecule has 2 nitrogen and oxygen atoms in total. The molecular formula is C17H21Cl2NO. The standard InChI is InChI=1S/C17H21Cl2NO/c1-12(18)9-20(10-13(2)19)11-16-15-6-4-3-5-14(15)7-8-17(16)21/h3-8,12-13,21H,9-11H2,1-2H3/t12-,13-/m0/s1. The SMILES string of the molecule is C[C@H](Cl)CN(Cc1c(O)ccc2ccccc12)C[C@H](C)Cl. The van der Waals surface area contributed by atoms with Gasteiger partial charge in [-0.15, -0.1) is 23.2 Å².